The minimum absolute atomic E-state index is 0.0554. The molecule has 0 atom stereocenters. The third kappa shape index (κ3) is 4.50. The summed E-state index contributed by atoms with van der Waals surface area (Å²) in [7, 11) is 0. The van der Waals surface area contributed by atoms with E-state index in [1.54, 1.807) is 0 Å². The predicted octanol–water partition coefficient (Wildman–Crippen LogP) is 13.4. The number of hydrogen-bond donors (Lipinski definition) is 0. The van der Waals surface area contributed by atoms with E-state index in [4.69, 9.17) is 0 Å². The second-order valence-electron chi connectivity index (χ2n) is 14.2. The Morgan fingerprint density at radius 2 is 0.961 bits per heavy atom. The van der Waals surface area contributed by atoms with Crippen LogP contribution in [0.25, 0.3) is 60.5 Å². The van der Waals surface area contributed by atoms with Crippen LogP contribution >= 0.6 is 0 Å². The SMILES string of the molecule is CC1(C)c2ccccc2-c2cc(N(c3ccc(-n4c5ccccc5c5ccccc54)cc3)c3ccccc3-c3cccc4ccccc34)ccc21. The van der Waals surface area contributed by atoms with E-state index in [1.807, 2.05) is 0 Å². The average molecular weight is 653 g/mol. The first-order valence-electron chi connectivity index (χ1n) is 17.8. The van der Waals surface area contributed by atoms with Crippen molar-refractivity contribution in [3.63, 3.8) is 0 Å². The van der Waals surface area contributed by atoms with Gasteiger partial charge in [0.15, 0.2) is 0 Å². The Morgan fingerprint density at radius 3 is 1.73 bits per heavy atom. The smallest absolute Gasteiger partial charge is 0.0541 e. The Labute approximate surface area is 298 Å². The molecule has 0 bridgehead atoms. The van der Waals surface area contributed by atoms with Crippen molar-refractivity contribution in [2.45, 2.75) is 19.3 Å². The Kier molecular flexibility index (Phi) is 6.56. The molecule has 0 amide bonds. The molecule has 0 spiro atoms. The van der Waals surface area contributed by atoms with E-state index in [0.717, 1.165) is 22.7 Å². The minimum atomic E-state index is -0.0554. The molecule has 0 aliphatic heterocycles. The molecule has 9 aromatic rings. The molecular weight excluding hydrogens is 617 g/mol. The van der Waals surface area contributed by atoms with Crippen molar-refractivity contribution in [2.24, 2.45) is 0 Å². The summed E-state index contributed by atoms with van der Waals surface area (Å²) in [5.41, 5.74) is 14.7. The summed E-state index contributed by atoms with van der Waals surface area (Å²) in [6, 6.07) is 66.7. The van der Waals surface area contributed by atoms with Gasteiger partial charge in [0, 0.05) is 38.8 Å². The number of rotatable bonds is 5. The van der Waals surface area contributed by atoms with E-state index in [9.17, 15) is 0 Å². The van der Waals surface area contributed by atoms with Crippen molar-refractivity contribution in [3.05, 3.63) is 193 Å². The van der Waals surface area contributed by atoms with Crippen LogP contribution in [0.2, 0.25) is 0 Å². The zero-order chi connectivity index (χ0) is 34.1. The van der Waals surface area contributed by atoms with E-state index in [0.29, 0.717) is 0 Å². The van der Waals surface area contributed by atoms with Gasteiger partial charge in [0.2, 0.25) is 0 Å². The van der Waals surface area contributed by atoms with E-state index < -0.39 is 0 Å². The molecule has 10 rings (SSSR count). The maximum Gasteiger partial charge on any atom is 0.0541 e. The highest BCUT2D eigenvalue weighted by Crippen LogP contribution is 2.51. The summed E-state index contributed by atoms with van der Waals surface area (Å²) in [4.78, 5) is 2.45. The topological polar surface area (TPSA) is 8.17 Å². The Morgan fingerprint density at radius 1 is 0.412 bits per heavy atom. The molecule has 0 fully saturated rings. The van der Waals surface area contributed by atoms with Crippen LogP contribution in [-0.2, 0) is 5.41 Å². The van der Waals surface area contributed by atoms with Crippen molar-refractivity contribution in [3.8, 4) is 27.9 Å². The largest absolute Gasteiger partial charge is 0.310 e. The molecule has 242 valence electrons. The molecule has 0 radical (unpaired) electrons. The fourth-order valence-corrected chi connectivity index (χ4v) is 8.58. The summed E-state index contributed by atoms with van der Waals surface area (Å²) in [6.07, 6.45) is 0. The van der Waals surface area contributed by atoms with Crippen molar-refractivity contribution in [1.29, 1.82) is 0 Å². The van der Waals surface area contributed by atoms with Crippen molar-refractivity contribution < 1.29 is 0 Å². The van der Waals surface area contributed by atoms with Crippen LogP contribution < -0.4 is 4.90 Å². The normalized spacial score (nSPS) is 13.1. The summed E-state index contributed by atoms with van der Waals surface area (Å²) in [5, 5.41) is 5.02. The van der Waals surface area contributed by atoms with Crippen LogP contribution in [0.5, 0.6) is 0 Å². The number of hydrogen-bond acceptors (Lipinski definition) is 1. The van der Waals surface area contributed by atoms with Crippen molar-refractivity contribution in [1.82, 2.24) is 4.57 Å². The number of anilines is 3. The summed E-state index contributed by atoms with van der Waals surface area (Å²) in [5.74, 6) is 0. The van der Waals surface area contributed by atoms with Crippen LogP contribution in [0.3, 0.4) is 0 Å². The molecular formula is C49H36N2. The molecule has 1 aliphatic carbocycles. The van der Waals surface area contributed by atoms with Gasteiger partial charge in [-0.15, -0.1) is 0 Å². The number of para-hydroxylation sites is 3. The first kappa shape index (κ1) is 29.5. The highest BCUT2D eigenvalue weighted by Gasteiger charge is 2.35. The van der Waals surface area contributed by atoms with Crippen LogP contribution in [0, 0.1) is 0 Å². The van der Waals surface area contributed by atoms with Crippen LogP contribution in [0.1, 0.15) is 25.0 Å². The lowest BCUT2D eigenvalue weighted by atomic mass is 9.82. The first-order chi connectivity index (χ1) is 25.1. The third-order valence-corrected chi connectivity index (χ3v) is 11.0. The maximum atomic E-state index is 2.45. The zero-order valence-electron chi connectivity index (χ0n) is 28.7. The van der Waals surface area contributed by atoms with Gasteiger partial charge >= 0.3 is 0 Å². The van der Waals surface area contributed by atoms with Gasteiger partial charge in [-0.1, -0.05) is 141 Å². The highest BCUT2D eigenvalue weighted by molar-refractivity contribution is 6.09. The molecule has 0 saturated heterocycles. The molecule has 51 heavy (non-hydrogen) atoms. The van der Waals surface area contributed by atoms with Crippen LogP contribution in [0.15, 0.2) is 182 Å². The molecule has 2 nitrogen and oxygen atoms in total. The fraction of sp³-hybridized carbons (Fsp3) is 0.0612. The van der Waals surface area contributed by atoms with E-state index >= 15 is 0 Å². The molecule has 1 heterocycles. The molecule has 1 aliphatic rings. The molecule has 0 unspecified atom stereocenters. The second kappa shape index (κ2) is 11.3. The van der Waals surface area contributed by atoms with Crippen LogP contribution in [-0.4, -0.2) is 4.57 Å². The Hall–Kier alpha value is -6.38. The number of nitrogens with zero attached hydrogens (tertiary/aromatic N) is 2. The van der Waals surface area contributed by atoms with Gasteiger partial charge in [-0.05, 0) is 93.2 Å². The van der Waals surface area contributed by atoms with Crippen LogP contribution in [0.4, 0.5) is 17.1 Å². The quantitative estimate of drug-likeness (QED) is 0.180. The minimum Gasteiger partial charge on any atom is -0.310 e. The summed E-state index contributed by atoms with van der Waals surface area (Å²) >= 11 is 0. The van der Waals surface area contributed by atoms with Gasteiger partial charge in [0.25, 0.3) is 0 Å². The molecule has 8 aromatic carbocycles. The second-order valence-corrected chi connectivity index (χ2v) is 14.2. The molecule has 1 aromatic heterocycles. The van der Waals surface area contributed by atoms with E-state index in [2.05, 4.69) is 205 Å². The average Bonchev–Trinajstić information content (AvgIpc) is 3.64. The first-order valence-corrected chi connectivity index (χ1v) is 17.8. The third-order valence-electron chi connectivity index (χ3n) is 11.0. The standard InChI is InChI=1S/C49H36N2/c1-49(2)44-22-9-5-17-39(44)43-32-36(30-31-45(43)49)50(46-23-10-6-18-40(46)38-21-13-15-33-14-3-4-16-37(33)38)34-26-28-35(29-27-34)51-47-24-11-7-19-41(47)42-20-8-12-25-48(42)51/h3-32H,1-2H3. The lowest BCUT2D eigenvalue weighted by molar-refractivity contribution is 0.660. The molecule has 0 saturated carbocycles. The lowest BCUT2D eigenvalue weighted by Crippen LogP contribution is -2.15. The maximum absolute atomic E-state index is 2.45. The Balaban J connectivity index is 1.19. The number of fused-ring (bicyclic) bond motifs is 7. The van der Waals surface area contributed by atoms with Crippen molar-refractivity contribution >= 4 is 49.6 Å². The van der Waals surface area contributed by atoms with Gasteiger partial charge in [0.05, 0.1) is 16.7 Å². The fourth-order valence-electron chi connectivity index (χ4n) is 8.58. The monoisotopic (exact) mass is 652 g/mol. The number of aromatic nitrogens is 1. The van der Waals surface area contributed by atoms with Gasteiger partial charge in [-0.2, -0.15) is 0 Å². The number of benzene rings is 8. The van der Waals surface area contributed by atoms with Crippen molar-refractivity contribution in [2.75, 3.05) is 4.90 Å². The lowest BCUT2D eigenvalue weighted by Gasteiger charge is -2.29. The summed E-state index contributed by atoms with van der Waals surface area (Å²) < 4.78 is 2.39. The van der Waals surface area contributed by atoms with E-state index in [1.165, 1.54) is 66.0 Å². The Bertz CT molecular complexity index is 2720. The van der Waals surface area contributed by atoms with Gasteiger partial charge < -0.3 is 9.47 Å². The molecule has 2 heteroatoms. The highest BCUT2D eigenvalue weighted by atomic mass is 15.1. The van der Waals surface area contributed by atoms with Gasteiger partial charge in [-0.3, -0.25) is 0 Å². The van der Waals surface area contributed by atoms with Gasteiger partial charge in [-0.25, -0.2) is 0 Å². The van der Waals surface area contributed by atoms with E-state index in [-0.39, 0.29) is 5.41 Å². The zero-order valence-corrected chi connectivity index (χ0v) is 28.7. The van der Waals surface area contributed by atoms with Gasteiger partial charge in [0.1, 0.15) is 0 Å². The summed E-state index contributed by atoms with van der Waals surface area (Å²) in [6.45, 7) is 4.69. The predicted molar refractivity (Wildman–Crippen MR) is 216 cm³/mol. The molecule has 0 N–H and O–H groups in total.